The van der Waals surface area contributed by atoms with Crippen LogP contribution in [0.1, 0.15) is 5.56 Å². The van der Waals surface area contributed by atoms with Crippen molar-refractivity contribution in [2.75, 3.05) is 12.8 Å². The zero-order valence-electron chi connectivity index (χ0n) is 10.7. The lowest BCUT2D eigenvalue weighted by molar-refractivity contribution is 0.480. The molecule has 0 saturated carbocycles. The molecule has 1 aromatic rings. The summed E-state index contributed by atoms with van der Waals surface area (Å²) in [5, 5.41) is 0. The van der Waals surface area contributed by atoms with E-state index in [4.69, 9.17) is 9.11 Å². The van der Waals surface area contributed by atoms with Crippen molar-refractivity contribution >= 4 is 30.3 Å². The third-order valence-corrected chi connectivity index (χ3v) is 4.89. The Kier molecular flexibility index (Phi) is 5.13. The molecule has 0 bridgehead atoms. The van der Waals surface area contributed by atoms with E-state index in [0.717, 1.165) is 18.4 Å². The van der Waals surface area contributed by atoms with Gasteiger partial charge in [0.2, 0.25) is 10.0 Å². The first-order chi connectivity index (χ1) is 9.31. The Labute approximate surface area is 122 Å². The molecular weight excluding hydrogens is 346 g/mol. The molecule has 0 fully saturated rings. The van der Waals surface area contributed by atoms with Crippen LogP contribution in [0.5, 0.6) is 0 Å². The highest BCUT2D eigenvalue weighted by Gasteiger charge is 2.20. The third kappa shape index (κ3) is 5.68. The molecule has 12 heteroatoms. The topological polar surface area (TPSA) is 155 Å². The van der Waals surface area contributed by atoms with Crippen LogP contribution >= 0.6 is 0 Å². The van der Waals surface area contributed by atoms with Gasteiger partial charge in [0.05, 0.1) is 16.0 Å². The second kappa shape index (κ2) is 5.98. The second-order valence-corrected chi connectivity index (χ2v) is 8.78. The van der Waals surface area contributed by atoms with Crippen molar-refractivity contribution in [3.05, 3.63) is 23.8 Å². The minimum absolute atomic E-state index is 0.000972. The Balaban J connectivity index is 3.22. The molecule has 0 aromatic heterocycles. The van der Waals surface area contributed by atoms with Gasteiger partial charge in [-0.1, -0.05) is 6.07 Å². The van der Waals surface area contributed by atoms with Crippen molar-refractivity contribution in [2.24, 2.45) is 0 Å². The van der Waals surface area contributed by atoms with Gasteiger partial charge >= 0.3 is 0 Å². The summed E-state index contributed by atoms with van der Waals surface area (Å²) in [6, 6.07) is 2.61. The van der Waals surface area contributed by atoms with Crippen LogP contribution < -0.4 is 4.72 Å². The number of nitrogens with one attached hydrogen (secondary N) is 1. The van der Waals surface area contributed by atoms with Crippen LogP contribution in [0.25, 0.3) is 0 Å². The fourth-order valence-electron chi connectivity index (χ4n) is 1.51. The molecule has 0 spiro atoms. The molecule has 0 saturated heterocycles. The zero-order chi connectivity index (χ0) is 16.5. The molecule has 0 heterocycles. The van der Waals surface area contributed by atoms with Crippen LogP contribution in [0.3, 0.4) is 0 Å². The Hall–Kier alpha value is -1.05. The average Bonchev–Trinajstić information content (AvgIpc) is 2.24. The van der Waals surface area contributed by atoms with E-state index in [0.29, 0.717) is 6.07 Å². The second-order valence-electron chi connectivity index (χ2n) is 4.14. The van der Waals surface area contributed by atoms with Gasteiger partial charge in [-0.2, -0.15) is 16.8 Å². The summed E-state index contributed by atoms with van der Waals surface area (Å²) in [7, 11) is -12.8. The summed E-state index contributed by atoms with van der Waals surface area (Å²) in [5.74, 6) is 0. The Morgan fingerprint density at radius 2 is 1.57 bits per heavy atom. The fourth-order valence-corrected chi connectivity index (χ4v) is 3.34. The number of rotatable bonds is 6. The van der Waals surface area contributed by atoms with Gasteiger partial charge < -0.3 is 0 Å². The molecule has 120 valence electrons. The summed E-state index contributed by atoms with van der Waals surface area (Å²) >= 11 is 0. The van der Waals surface area contributed by atoms with E-state index < -0.39 is 40.1 Å². The third-order valence-electron chi connectivity index (χ3n) is 2.37. The number of sulfonamides is 1. The van der Waals surface area contributed by atoms with Crippen LogP contribution in [0, 0.1) is 0 Å². The summed E-state index contributed by atoms with van der Waals surface area (Å²) in [6.45, 7) is -0.146. The molecule has 0 radical (unpaired) electrons. The van der Waals surface area contributed by atoms with Crippen molar-refractivity contribution in [1.82, 2.24) is 4.72 Å². The molecule has 0 aliphatic carbocycles. The summed E-state index contributed by atoms with van der Waals surface area (Å²) in [4.78, 5) is -1.41. The van der Waals surface area contributed by atoms with Crippen LogP contribution in [0.2, 0.25) is 0 Å². The average molecular weight is 359 g/mol. The van der Waals surface area contributed by atoms with E-state index in [2.05, 4.69) is 4.72 Å². The number of hydrogen-bond acceptors (Lipinski definition) is 6. The van der Waals surface area contributed by atoms with E-state index in [1.165, 1.54) is 0 Å². The van der Waals surface area contributed by atoms with Crippen LogP contribution in [0.4, 0.5) is 0 Å². The Bertz CT molecular complexity index is 839. The molecule has 0 unspecified atom stereocenters. The van der Waals surface area contributed by atoms with Gasteiger partial charge in [-0.15, -0.1) is 0 Å². The highest BCUT2D eigenvalue weighted by Crippen LogP contribution is 2.21. The predicted octanol–water partition coefficient (Wildman–Crippen LogP) is -0.728. The standard InChI is InChI=1S/C9H13NO8S3/c1-19(11,12)10-5-4-7-2-3-8(20(13,14)15)6-9(7)21(16,17)18/h2-3,6,10H,4-5H2,1H3,(H,13,14,15)(H,16,17,18). The maximum atomic E-state index is 11.2. The Morgan fingerprint density at radius 3 is 2.00 bits per heavy atom. The normalized spacial score (nSPS) is 13.3. The van der Waals surface area contributed by atoms with Crippen LogP contribution in [-0.2, 0) is 36.7 Å². The van der Waals surface area contributed by atoms with Crippen molar-refractivity contribution in [2.45, 2.75) is 16.2 Å². The molecule has 3 N–H and O–H groups in total. The minimum atomic E-state index is -4.73. The van der Waals surface area contributed by atoms with Crippen molar-refractivity contribution in [1.29, 1.82) is 0 Å². The van der Waals surface area contributed by atoms with Gasteiger partial charge in [0.15, 0.2) is 0 Å². The highest BCUT2D eigenvalue weighted by molar-refractivity contribution is 7.88. The first-order valence-corrected chi connectivity index (χ1v) is 10.1. The summed E-state index contributed by atoms with van der Waals surface area (Å²) in [6.07, 6.45) is 0.812. The minimum Gasteiger partial charge on any atom is -0.282 e. The molecule has 0 atom stereocenters. The SMILES string of the molecule is CS(=O)(=O)NCCc1ccc(S(=O)(=O)O)cc1S(=O)(=O)O. The van der Waals surface area contributed by atoms with E-state index in [1.807, 2.05) is 0 Å². The van der Waals surface area contributed by atoms with E-state index in [-0.39, 0.29) is 18.5 Å². The lowest BCUT2D eigenvalue weighted by atomic mass is 10.1. The quantitative estimate of drug-likeness (QED) is 0.562. The molecule has 1 aromatic carbocycles. The fraction of sp³-hybridized carbons (Fsp3) is 0.333. The summed E-state index contributed by atoms with van der Waals surface area (Å²) < 4.78 is 86.2. The van der Waals surface area contributed by atoms with Crippen LogP contribution in [0.15, 0.2) is 28.0 Å². The van der Waals surface area contributed by atoms with Gasteiger partial charge in [-0.05, 0) is 24.1 Å². The number of hydrogen-bond donors (Lipinski definition) is 3. The lowest BCUT2D eigenvalue weighted by Gasteiger charge is -2.09. The van der Waals surface area contributed by atoms with Crippen molar-refractivity contribution in [3.63, 3.8) is 0 Å². The van der Waals surface area contributed by atoms with Gasteiger partial charge in [-0.3, -0.25) is 9.11 Å². The smallest absolute Gasteiger partial charge is 0.282 e. The molecule has 9 nitrogen and oxygen atoms in total. The molecule has 1 rings (SSSR count). The first kappa shape index (κ1) is 18.0. The van der Waals surface area contributed by atoms with Crippen LogP contribution in [-0.4, -0.2) is 47.2 Å². The lowest BCUT2D eigenvalue weighted by Crippen LogP contribution is -2.24. The first-order valence-electron chi connectivity index (χ1n) is 5.33. The van der Waals surface area contributed by atoms with Crippen molar-refractivity contribution in [3.8, 4) is 0 Å². The molecule has 21 heavy (non-hydrogen) atoms. The largest absolute Gasteiger partial charge is 0.294 e. The highest BCUT2D eigenvalue weighted by atomic mass is 32.2. The van der Waals surface area contributed by atoms with E-state index in [9.17, 15) is 25.3 Å². The van der Waals surface area contributed by atoms with E-state index in [1.54, 1.807) is 0 Å². The van der Waals surface area contributed by atoms with Gasteiger partial charge in [0.25, 0.3) is 20.2 Å². The zero-order valence-corrected chi connectivity index (χ0v) is 13.2. The molecular formula is C9H13NO8S3. The maximum absolute atomic E-state index is 11.2. The van der Waals surface area contributed by atoms with Gasteiger partial charge in [-0.25, -0.2) is 13.1 Å². The molecule has 0 amide bonds. The molecule has 0 aliphatic rings. The van der Waals surface area contributed by atoms with Crippen molar-refractivity contribution < 1.29 is 34.4 Å². The van der Waals surface area contributed by atoms with E-state index >= 15 is 0 Å². The summed E-state index contributed by atoms with van der Waals surface area (Å²) in [5.41, 5.74) is 0.000972. The predicted molar refractivity (Wildman–Crippen MR) is 72.6 cm³/mol. The monoisotopic (exact) mass is 359 g/mol. The molecule has 0 aliphatic heterocycles. The van der Waals surface area contributed by atoms with Gasteiger partial charge in [0.1, 0.15) is 0 Å². The number of benzene rings is 1. The van der Waals surface area contributed by atoms with Gasteiger partial charge in [0, 0.05) is 6.54 Å². The maximum Gasteiger partial charge on any atom is 0.294 e. The Morgan fingerprint density at radius 1 is 1.00 bits per heavy atom.